The maximum atomic E-state index is 12.8. The molecule has 0 radical (unpaired) electrons. The summed E-state index contributed by atoms with van der Waals surface area (Å²) in [7, 11) is 0. The number of hydrogen-bond acceptors (Lipinski definition) is 6. The SMILES string of the molecule is CCC(Oc1ccccc1/C=C1/SC(=S)N(NC(=O)Cc2ccccc2)C1=O)C(=O)O. The number of aliphatic carboxylic acids is 1. The summed E-state index contributed by atoms with van der Waals surface area (Å²) in [5.74, 6) is -1.55. The molecular formula is C22H20N2O5S2. The van der Waals surface area contributed by atoms with Gasteiger partial charge in [-0.3, -0.25) is 15.0 Å². The van der Waals surface area contributed by atoms with Crippen molar-refractivity contribution < 1.29 is 24.2 Å². The molecule has 1 aliphatic rings. The van der Waals surface area contributed by atoms with Crippen molar-refractivity contribution in [1.29, 1.82) is 0 Å². The highest BCUT2D eigenvalue weighted by atomic mass is 32.2. The normalized spacial score (nSPS) is 15.8. The Hall–Kier alpha value is -3.17. The molecule has 0 saturated carbocycles. The van der Waals surface area contributed by atoms with Crippen LogP contribution in [-0.2, 0) is 20.8 Å². The van der Waals surface area contributed by atoms with E-state index in [0.717, 1.165) is 22.3 Å². The molecule has 2 N–H and O–H groups in total. The highest BCUT2D eigenvalue weighted by Crippen LogP contribution is 2.33. The second-order valence-electron chi connectivity index (χ2n) is 6.61. The van der Waals surface area contributed by atoms with Gasteiger partial charge in [-0.25, -0.2) is 4.79 Å². The molecule has 0 aromatic heterocycles. The number of amides is 2. The van der Waals surface area contributed by atoms with Gasteiger partial charge in [0.2, 0.25) is 5.91 Å². The third-order valence-corrected chi connectivity index (χ3v) is 5.66. The fourth-order valence-electron chi connectivity index (χ4n) is 2.82. The molecule has 2 aromatic carbocycles. The van der Waals surface area contributed by atoms with Crippen molar-refractivity contribution in [3.8, 4) is 5.75 Å². The van der Waals surface area contributed by atoms with Crippen LogP contribution in [0.15, 0.2) is 59.5 Å². The largest absolute Gasteiger partial charge is 0.479 e. The van der Waals surface area contributed by atoms with Gasteiger partial charge in [-0.05, 0) is 36.3 Å². The Balaban J connectivity index is 1.75. The van der Waals surface area contributed by atoms with Crippen LogP contribution in [0.25, 0.3) is 6.08 Å². The van der Waals surface area contributed by atoms with Gasteiger partial charge >= 0.3 is 5.97 Å². The highest BCUT2D eigenvalue weighted by Gasteiger charge is 2.34. The number of hydrogen-bond donors (Lipinski definition) is 2. The van der Waals surface area contributed by atoms with Gasteiger partial charge < -0.3 is 9.84 Å². The molecule has 31 heavy (non-hydrogen) atoms. The van der Waals surface area contributed by atoms with Gasteiger partial charge in [0.05, 0.1) is 11.3 Å². The standard InChI is InChI=1S/C22H20N2O5S2/c1-2-16(21(27)28)29-17-11-7-6-10-15(17)13-18-20(26)24(22(30)31-18)23-19(25)12-14-8-4-3-5-9-14/h3-11,13,16H,2,12H2,1H3,(H,23,25)(H,27,28)/b18-13+. The maximum absolute atomic E-state index is 12.8. The van der Waals surface area contributed by atoms with Gasteiger partial charge in [0, 0.05) is 5.56 Å². The number of thiocarbonyl (C=S) groups is 1. The molecule has 1 fully saturated rings. The summed E-state index contributed by atoms with van der Waals surface area (Å²) in [6, 6.07) is 16.0. The smallest absolute Gasteiger partial charge is 0.344 e. The second kappa shape index (κ2) is 10.2. The van der Waals surface area contributed by atoms with Crippen LogP contribution >= 0.6 is 24.0 Å². The average molecular weight is 457 g/mol. The van der Waals surface area contributed by atoms with Crippen molar-refractivity contribution in [2.75, 3.05) is 0 Å². The summed E-state index contributed by atoms with van der Waals surface area (Å²) in [5.41, 5.74) is 3.90. The molecule has 2 aromatic rings. The maximum Gasteiger partial charge on any atom is 0.344 e. The van der Waals surface area contributed by atoms with E-state index in [4.69, 9.17) is 17.0 Å². The number of para-hydroxylation sites is 1. The number of nitrogens with one attached hydrogen (secondary N) is 1. The molecule has 160 valence electrons. The Morgan fingerprint density at radius 3 is 2.55 bits per heavy atom. The summed E-state index contributed by atoms with van der Waals surface area (Å²) in [6.45, 7) is 1.71. The lowest BCUT2D eigenvalue weighted by molar-refractivity contribution is -0.145. The Kier molecular flexibility index (Phi) is 7.43. The lowest BCUT2D eigenvalue weighted by Crippen LogP contribution is -2.45. The van der Waals surface area contributed by atoms with Crippen molar-refractivity contribution in [3.63, 3.8) is 0 Å². The Labute approximate surface area is 189 Å². The topological polar surface area (TPSA) is 95.9 Å². The minimum atomic E-state index is -1.07. The average Bonchev–Trinajstić information content (AvgIpc) is 3.00. The first kappa shape index (κ1) is 22.5. The number of rotatable bonds is 8. The summed E-state index contributed by atoms with van der Waals surface area (Å²) in [4.78, 5) is 36.7. The number of carboxylic acids is 1. The number of ether oxygens (including phenoxy) is 1. The van der Waals surface area contributed by atoms with E-state index in [1.807, 2.05) is 30.3 Å². The molecule has 2 amide bonds. The van der Waals surface area contributed by atoms with E-state index in [9.17, 15) is 19.5 Å². The van der Waals surface area contributed by atoms with Crippen LogP contribution < -0.4 is 10.2 Å². The fourth-order valence-corrected chi connectivity index (χ4v) is 3.99. The molecule has 0 aliphatic carbocycles. The van der Waals surface area contributed by atoms with Crippen molar-refractivity contribution >= 4 is 52.2 Å². The molecule has 3 rings (SSSR count). The molecular weight excluding hydrogens is 436 g/mol. The van der Waals surface area contributed by atoms with Crippen LogP contribution in [-0.4, -0.2) is 38.3 Å². The first-order chi connectivity index (χ1) is 14.9. The quantitative estimate of drug-likeness (QED) is 0.464. The van der Waals surface area contributed by atoms with E-state index < -0.39 is 18.0 Å². The zero-order chi connectivity index (χ0) is 22.4. The Bertz CT molecular complexity index is 1040. The molecule has 1 atom stereocenters. The molecule has 9 heteroatoms. The van der Waals surface area contributed by atoms with Gasteiger partial charge in [0.1, 0.15) is 5.75 Å². The lowest BCUT2D eigenvalue weighted by Gasteiger charge is -2.16. The molecule has 1 heterocycles. The fraction of sp³-hybridized carbons (Fsp3) is 0.182. The van der Waals surface area contributed by atoms with E-state index in [2.05, 4.69) is 5.43 Å². The van der Waals surface area contributed by atoms with Gasteiger partial charge in [-0.1, -0.05) is 67.2 Å². The molecule has 0 spiro atoms. The van der Waals surface area contributed by atoms with Gasteiger partial charge in [-0.15, -0.1) is 0 Å². The summed E-state index contributed by atoms with van der Waals surface area (Å²) >= 11 is 6.30. The van der Waals surface area contributed by atoms with Gasteiger partial charge in [0.25, 0.3) is 5.91 Å². The zero-order valence-corrected chi connectivity index (χ0v) is 18.2. The first-order valence-electron chi connectivity index (χ1n) is 9.49. The van der Waals surface area contributed by atoms with Crippen molar-refractivity contribution in [3.05, 3.63) is 70.6 Å². The van der Waals surface area contributed by atoms with Crippen molar-refractivity contribution in [2.24, 2.45) is 0 Å². The highest BCUT2D eigenvalue weighted by molar-refractivity contribution is 8.26. The molecule has 7 nitrogen and oxygen atoms in total. The van der Waals surface area contributed by atoms with Crippen LogP contribution in [0.5, 0.6) is 5.75 Å². The minimum absolute atomic E-state index is 0.112. The number of thioether (sulfide) groups is 1. The lowest BCUT2D eigenvalue weighted by atomic mass is 10.1. The van der Waals surface area contributed by atoms with E-state index in [-0.39, 0.29) is 16.6 Å². The van der Waals surface area contributed by atoms with Crippen molar-refractivity contribution in [1.82, 2.24) is 10.4 Å². The predicted molar refractivity (Wildman–Crippen MR) is 122 cm³/mol. The number of carboxylic acid groups (broad SMARTS) is 1. The van der Waals surface area contributed by atoms with Gasteiger partial charge in [-0.2, -0.15) is 5.01 Å². The van der Waals surface area contributed by atoms with Crippen LogP contribution in [0.3, 0.4) is 0 Å². The van der Waals surface area contributed by atoms with Gasteiger partial charge in [0.15, 0.2) is 10.4 Å². The summed E-state index contributed by atoms with van der Waals surface area (Å²) in [5, 5.41) is 10.3. The zero-order valence-electron chi connectivity index (χ0n) is 16.6. The Morgan fingerprint density at radius 2 is 1.87 bits per heavy atom. The van der Waals surface area contributed by atoms with Crippen molar-refractivity contribution in [2.45, 2.75) is 25.9 Å². The van der Waals surface area contributed by atoms with E-state index in [0.29, 0.717) is 22.6 Å². The number of carbonyl (C=O) groups is 3. The number of hydrazine groups is 1. The van der Waals surface area contributed by atoms with E-state index >= 15 is 0 Å². The number of nitrogens with zero attached hydrogens (tertiary/aromatic N) is 1. The van der Waals surface area contributed by atoms with E-state index in [1.165, 1.54) is 0 Å². The predicted octanol–water partition coefficient (Wildman–Crippen LogP) is 3.40. The molecule has 1 aliphatic heterocycles. The summed E-state index contributed by atoms with van der Waals surface area (Å²) < 4.78 is 5.81. The third-order valence-electron chi connectivity index (χ3n) is 4.36. The number of carbonyl (C=O) groups excluding carboxylic acids is 2. The third kappa shape index (κ3) is 5.71. The van der Waals surface area contributed by atoms with Crippen LogP contribution in [0.2, 0.25) is 0 Å². The minimum Gasteiger partial charge on any atom is -0.479 e. The molecule has 1 saturated heterocycles. The monoisotopic (exact) mass is 456 g/mol. The summed E-state index contributed by atoms with van der Waals surface area (Å²) in [6.07, 6.45) is 0.980. The van der Waals surface area contributed by atoms with Crippen LogP contribution in [0, 0.1) is 0 Å². The van der Waals surface area contributed by atoms with Crippen LogP contribution in [0.1, 0.15) is 24.5 Å². The molecule has 1 unspecified atom stereocenters. The van der Waals surface area contributed by atoms with E-state index in [1.54, 1.807) is 37.3 Å². The first-order valence-corrected chi connectivity index (χ1v) is 10.7. The molecule has 0 bridgehead atoms. The van der Waals surface area contributed by atoms with Crippen LogP contribution in [0.4, 0.5) is 0 Å². The second-order valence-corrected chi connectivity index (χ2v) is 8.28. The number of benzene rings is 2. The Morgan fingerprint density at radius 1 is 1.19 bits per heavy atom.